The predicted octanol–water partition coefficient (Wildman–Crippen LogP) is 6.58. The summed E-state index contributed by atoms with van der Waals surface area (Å²) in [6, 6.07) is 17.1. The average Bonchev–Trinajstić information content (AvgIpc) is 1.57. The number of esters is 1. The fraction of sp³-hybridized carbons (Fsp3) is 0.548. The molecule has 0 aliphatic carbocycles. The van der Waals surface area contributed by atoms with E-state index in [0.29, 0.717) is 61.6 Å². The lowest BCUT2D eigenvalue weighted by atomic mass is 9.83. The van der Waals surface area contributed by atoms with Crippen LogP contribution in [0.15, 0.2) is 90.5 Å². The molecule has 3 aliphatic rings. The topological polar surface area (TPSA) is 364 Å². The minimum atomic E-state index is -1.91. The highest BCUT2D eigenvalue weighted by atomic mass is 35.5. The summed E-state index contributed by atoms with van der Waals surface area (Å²) < 4.78 is 48.6. The number of epoxide rings is 1. The lowest BCUT2D eigenvalue weighted by molar-refractivity contribution is -0.158. The number of fused-ring (bicyclic) bond motifs is 6. The number of allylic oxidation sites excluding steroid dienone is 3. The van der Waals surface area contributed by atoms with Crippen LogP contribution in [0.5, 0.6) is 5.75 Å². The van der Waals surface area contributed by atoms with Gasteiger partial charge in [-0.15, -0.1) is 0 Å². The summed E-state index contributed by atoms with van der Waals surface area (Å²) in [6.07, 6.45) is -0.387. The molecule has 7 rings (SSSR count). The van der Waals surface area contributed by atoms with Crippen molar-refractivity contribution in [1.29, 1.82) is 0 Å². The molecule has 0 radical (unpaired) electrons. The molecule has 4 aromatic rings. The molecule has 2 saturated heterocycles. The maximum Gasteiger partial charge on any atom is 0.410 e. The number of anilines is 2. The lowest BCUT2D eigenvalue weighted by Gasteiger charge is -2.42. The van der Waals surface area contributed by atoms with E-state index in [4.69, 9.17) is 55.2 Å². The summed E-state index contributed by atoms with van der Waals surface area (Å²) in [5.74, 6) is -4.41. The smallest absolute Gasteiger partial charge is 0.410 e. The van der Waals surface area contributed by atoms with Gasteiger partial charge in [-0.2, -0.15) is 0 Å². The highest BCUT2D eigenvalue weighted by Gasteiger charge is 2.64. The van der Waals surface area contributed by atoms with Gasteiger partial charge in [-0.1, -0.05) is 86.5 Å². The monoisotopic (exact) mass is 1460 g/mol. The second-order valence-corrected chi connectivity index (χ2v) is 27.2. The first kappa shape index (κ1) is 81.6. The minimum Gasteiger partial charge on any atom is -0.495 e. The van der Waals surface area contributed by atoms with Crippen LogP contribution in [0.3, 0.4) is 0 Å². The number of hydrogen-bond acceptors (Lipinski definition) is 20. The van der Waals surface area contributed by atoms with Crippen molar-refractivity contribution in [3.05, 3.63) is 112 Å². The molecule has 1 aromatic heterocycles. The van der Waals surface area contributed by atoms with E-state index in [1.807, 2.05) is 50.3 Å². The number of nitrogens with two attached hydrogens (primary N) is 1. The van der Waals surface area contributed by atoms with Crippen LogP contribution in [-0.2, 0) is 88.0 Å². The van der Waals surface area contributed by atoms with Crippen LogP contribution in [0.1, 0.15) is 103 Å². The number of likely N-dealkylation sites (N-methyl/N-ethyl adjacent to an activating group) is 1. The van der Waals surface area contributed by atoms with E-state index in [0.717, 1.165) is 32.6 Å². The number of hydrogen-bond donors (Lipinski definition) is 8. The van der Waals surface area contributed by atoms with Crippen molar-refractivity contribution in [3.63, 3.8) is 0 Å². The van der Waals surface area contributed by atoms with Gasteiger partial charge in [-0.3, -0.25) is 39.6 Å². The highest BCUT2D eigenvalue weighted by molar-refractivity contribution is 6.35. The normalized spacial score (nSPS) is 22.2. The number of nitrogens with zero attached hydrogens (tertiary/aromatic N) is 4. The Morgan fingerprint density at radius 1 is 0.922 bits per heavy atom. The molecule has 564 valence electrons. The van der Waals surface area contributed by atoms with E-state index in [9.17, 15) is 48.3 Å². The number of benzene rings is 3. The third kappa shape index (κ3) is 22.9. The molecule has 0 saturated carbocycles. The van der Waals surface area contributed by atoms with Crippen molar-refractivity contribution in [2.75, 3.05) is 92.1 Å². The van der Waals surface area contributed by atoms with Gasteiger partial charge in [0.2, 0.25) is 23.6 Å². The first-order valence-corrected chi connectivity index (χ1v) is 35.0. The summed E-state index contributed by atoms with van der Waals surface area (Å²) in [5.41, 5.74) is 10.1. The fourth-order valence-electron chi connectivity index (χ4n) is 12.5. The van der Waals surface area contributed by atoms with Crippen molar-refractivity contribution in [2.45, 2.75) is 160 Å². The van der Waals surface area contributed by atoms with E-state index in [1.54, 1.807) is 76.2 Å². The number of aliphatic hydroxyl groups is 1. The van der Waals surface area contributed by atoms with Gasteiger partial charge in [-0.05, 0) is 106 Å². The third-order valence-electron chi connectivity index (χ3n) is 18.8. The number of Topliss-reactive ketones (excluding diaryl/α,β-unsaturated/α-hetero) is 1. The van der Waals surface area contributed by atoms with Gasteiger partial charge < -0.3 is 79.5 Å². The molecular formula is C73H102ClN11O18. The Morgan fingerprint density at radius 2 is 1.64 bits per heavy atom. The van der Waals surface area contributed by atoms with Gasteiger partial charge in [0.15, 0.2) is 11.5 Å². The number of rotatable bonds is 33. The number of hydrazine groups is 1. The molecule has 103 heavy (non-hydrogen) atoms. The third-order valence-corrected chi connectivity index (χ3v) is 19.2. The maximum absolute atomic E-state index is 14.5. The van der Waals surface area contributed by atoms with Crippen LogP contribution in [0.2, 0.25) is 5.02 Å². The van der Waals surface area contributed by atoms with Crippen LogP contribution in [-0.4, -0.2) is 203 Å². The summed E-state index contributed by atoms with van der Waals surface area (Å²) >= 11 is 6.86. The number of carbonyl (C=O) groups excluding carboxylic acids is 9. The van der Waals surface area contributed by atoms with Gasteiger partial charge in [0.1, 0.15) is 47.3 Å². The molecule has 3 aliphatic heterocycles. The molecule has 30 heteroatoms. The molecule has 4 heterocycles. The molecule has 9 N–H and O–H groups in total. The first-order chi connectivity index (χ1) is 49.0. The van der Waals surface area contributed by atoms with Crippen LogP contribution < -0.4 is 47.4 Å². The number of aryl methyl sites for hydroxylation is 1. The van der Waals surface area contributed by atoms with E-state index < -0.39 is 108 Å². The second kappa shape index (κ2) is 38.2. The van der Waals surface area contributed by atoms with Crippen molar-refractivity contribution in [1.82, 2.24) is 41.2 Å². The van der Waals surface area contributed by atoms with Crippen molar-refractivity contribution < 1.29 is 86.2 Å². The SMILES string of the molecule is CNN(C)Cc1cc2ccccc2n1CCC(=O)NCCOCCOCCC(=O)N[C@H](C(=O)C[C@@H](CCCNC(N)=O)C(=O)Nc1ccc(COC(=O)N(C)[C@@H](C)C(=O)O[C@H]2CC(=O)N(C)c3cc(cc(OC)c3Cl)C/C(C)=C/C=C/[C@@H](OC)[C@@]3(O)C[C@H](OC(=O)N3)[C@@H](C)[C@@H]3O[C@]23C)cc1)C(C)C. The lowest BCUT2D eigenvalue weighted by Crippen LogP contribution is -2.63. The Morgan fingerprint density at radius 3 is 2.33 bits per heavy atom. The van der Waals surface area contributed by atoms with E-state index in [2.05, 4.69) is 48.7 Å². The number of nitrogens with one attached hydrogen (secondary N) is 6. The fourth-order valence-corrected chi connectivity index (χ4v) is 12.8. The Hall–Kier alpha value is -8.68. The van der Waals surface area contributed by atoms with Crippen LogP contribution in [0.4, 0.5) is 25.8 Å². The van der Waals surface area contributed by atoms with E-state index in [-0.39, 0.29) is 87.9 Å². The zero-order chi connectivity index (χ0) is 75.3. The number of halogens is 1. The van der Waals surface area contributed by atoms with Gasteiger partial charge >= 0.3 is 24.2 Å². The second-order valence-electron chi connectivity index (χ2n) is 26.8. The number of ketones is 1. The number of amides is 8. The summed E-state index contributed by atoms with van der Waals surface area (Å²) in [6.45, 7) is 12.4. The molecule has 29 nitrogen and oxygen atoms in total. The van der Waals surface area contributed by atoms with Crippen molar-refractivity contribution in [3.8, 4) is 5.75 Å². The molecule has 10 atom stereocenters. The van der Waals surface area contributed by atoms with Crippen molar-refractivity contribution in [2.24, 2.45) is 23.5 Å². The molecule has 2 fully saturated rings. The summed E-state index contributed by atoms with van der Waals surface area (Å²) in [7, 11) is 9.53. The first-order valence-electron chi connectivity index (χ1n) is 34.6. The zero-order valence-corrected chi connectivity index (χ0v) is 61.7. The van der Waals surface area contributed by atoms with Crippen molar-refractivity contribution >= 4 is 87.5 Å². The molecule has 8 amide bonds. The van der Waals surface area contributed by atoms with Crippen LogP contribution >= 0.6 is 11.6 Å². The summed E-state index contributed by atoms with van der Waals surface area (Å²) in [4.78, 5) is 123. The Kier molecular flexibility index (Phi) is 30.3. The standard InChI is InChI=1S/C73H102ClN11O18/c1-44(2)65(80-62(88)27-31-98-33-34-99-32-29-77-61(87)26-30-85-53(42-82(8)76-7)38-50-18-13-14-20-54(50)85)56(86)39-51(19-16-28-78-69(75)92)67(90)79-52-24-22-48(23-25-52)43-100-71(94)83(9)47(5)68(91)102-60-40-63(89)84(10)55-36-49(37-57(96-11)64(55)74)35-45(3)17-15-21-59(97-12)73(95)41-58(101-70(93)81-73)46(4)66-72(60,6)103-66/h13-15,17-18,20-25,36-38,44,46-47,51,58-60,65-66,76,95H,16,19,26-35,39-43H2,1-12H3,(H,77,87)(H,79,90)(H,80,88)(H,81,93)(H3,75,78,92)/b21-15+,45-17+/t46-,47+,51-,58+,59-,60+,65+,66+,72-,73+/m1/s1. The van der Waals surface area contributed by atoms with Gasteiger partial charge in [-0.25, -0.2) is 24.2 Å². The van der Waals surface area contributed by atoms with Crippen LogP contribution in [0, 0.1) is 17.8 Å². The molecule has 0 spiro atoms. The Balaban J connectivity index is 0.892. The number of aromatic nitrogens is 1. The minimum absolute atomic E-state index is 0.0479. The molecule has 4 bridgehead atoms. The van der Waals surface area contributed by atoms with Gasteiger partial charge in [0.05, 0.1) is 64.3 Å². The quantitative estimate of drug-likeness (QED) is 0.00820. The molecule has 0 unspecified atom stereocenters. The molecule has 3 aromatic carbocycles. The predicted molar refractivity (Wildman–Crippen MR) is 384 cm³/mol. The molecular weight excluding hydrogens is 1350 g/mol. The number of carbonyl (C=O) groups is 9. The maximum atomic E-state index is 14.5. The number of methoxy groups -OCH3 is 2. The zero-order valence-electron chi connectivity index (χ0n) is 60.9. The largest absolute Gasteiger partial charge is 0.495 e. The summed E-state index contributed by atoms with van der Waals surface area (Å²) in [5, 5.41) is 28.7. The van der Waals surface area contributed by atoms with Gasteiger partial charge in [0, 0.05) is 102 Å². The number of primary amides is 1. The number of urea groups is 1. The van der Waals surface area contributed by atoms with Crippen LogP contribution in [0.25, 0.3) is 10.9 Å². The average molecular weight is 1460 g/mol. The Labute approximate surface area is 606 Å². The van der Waals surface area contributed by atoms with E-state index >= 15 is 0 Å². The van der Waals surface area contributed by atoms with E-state index in [1.165, 1.54) is 40.1 Å². The number of ether oxygens (including phenoxy) is 8. The highest BCUT2D eigenvalue weighted by Crippen LogP contribution is 2.49. The number of para-hydroxylation sites is 1. The Bertz CT molecular complexity index is 3680. The number of alkyl carbamates (subject to hydrolysis) is 1. The van der Waals surface area contributed by atoms with Gasteiger partial charge in [0.25, 0.3) is 0 Å².